The second-order valence-corrected chi connectivity index (χ2v) is 7.24. The van der Waals surface area contributed by atoms with Crippen LogP contribution in [0.25, 0.3) is 0 Å². The summed E-state index contributed by atoms with van der Waals surface area (Å²) in [5, 5.41) is 6.38. The Balaban J connectivity index is 0.00000192. The second-order valence-electron chi connectivity index (χ2n) is 5.45. The quantitative estimate of drug-likeness (QED) is 0.864. The van der Waals surface area contributed by atoms with Gasteiger partial charge < -0.3 is 10.6 Å². The molecule has 0 bridgehead atoms. The van der Waals surface area contributed by atoms with Crippen LogP contribution >= 0.6 is 35.3 Å². The predicted octanol–water partition coefficient (Wildman–Crippen LogP) is 3.48. The average Bonchev–Trinajstić information content (AvgIpc) is 2.80. The summed E-state index contributed by atoms with van der Waals surface area (Å²) in [5.74, 6) is 0.00246. The van der Waals surface area contributed by atoms with Crippen LogP contribution in [0, 0.1) is 0 Å². The van der Waals surface area contributed by atoms with Crippen molar-refractivity contribution in [3.63, 3.8) is 0 Å². The molecule has 0 radical (unpaired) electrons. The SMILES string of the molecule is Cl.O=C(NCCc1ccc(Cl)s1)c1ccc2c(c1)CCNCC2. The Morgan fingerprint density at radius 3 is 2.70 bits per heavy atom. The summed E-state index contributed by atoms with van der Waals surface area (Å²) in [4.78, 5) is 13.5. The number of fused-ring (bicyclic) bond motifs is 1. The van der Waals surface area contributed by atoms with Gasteiger partial charge in [0.2, 0.25) is 0 Å². The lowest BCUT2D eigenvalue weighted by molar-refractivity contribution is 0.0954. The van der Waals surface area contributed by atoms with E-state index < -0.39 is 0 Å². The molecule has 124 valence electrons. The molecule has 1 aromatic heterocycles. The van der Waals surface area contributed by atoms with E-state index in [1.54, 1.807) is 11.3 Å². The van der Waals surface area contributed by atoms with Crippen LogP contribution in [0.2, 0.25) is 4.34 Å². The molecule has 3 nitrogen and oxygen atoms in total. The van der Waals surface area contributed by atoms with Gasteiger partial charge in [-0.05, 0) is 67.7 Å². The topological polar surface area (TPSA) is 41.1 Å². The molecule has 6 heteroatoms. The number of nitrogens with one attached hydrogen (secondary N) is 2. The summed E-state index contributed by atoms with van der Waals surface area (Å²) >= 11 is 7.47. The molecular formula is C17H20Cl2N2OS. The van der Waals surface area contributed by atoms with Gasteiger partial charge in [0.1, 0.15) is 0 Å². The maximum absolute atomic E-state index is 12.3. The first-order valence-electron chi connectivity index (χ1n) is 7.57. The van der Waals surface area contributed by atoms with Gasteiger partial charge in [0, 0.05) is 17.0 Å². The van der Waals surface area contributed by atoms with Crippen molar-refractivity contribution in [3.05, 3.63) is 56.2 Å². The minimum Gasteiger partial charge on any atom is -0.352 e. The Labute approximate surface area is 151 Å². The van der Waals surface area contributed by atoms with Crippen LogP contribution in [0.3, 0.4) is 0 Å². The molecule has 0 fully saturated rings. The van der Waals surface area contributed by atoms with Gasteiger partial charge in [-0.25, -0.2) is 0 Å². The standard InChI is InChI=1S/C17H19ClN2OS.ClH/c18-16-4-3-15(22-16)7-10-20-17(21)14-2-1-12-5-8-19-9-6-13(12)11-14;/h1-4,11,19H,5-10H2,(H,20,21);1H. The lowest BCUT2D eigenvalue weighted by atomic mass is 10.00. The lowest BCUT2D eigenvalue weighted by Crippen LogP contribution is -2.25. The monoisotopic (exact) mass is 370 g/mol. The van der Waals surface area contributed by atoms with Crippen LogP contribution < -0.4 is 10.6 Å². The van der Waals surface area contributed by atoms with E-state index in [2.05, 4.69) is 16.7 Å². The number of hydrogen-bond acceptors (Lipinski definition) is 3. The molecule has 1 aromatic carbocycles. The Bertz CT molecular complexity index is 672. The molecule has 23 heavy (non-hydrogen) atoms. The van der Waals surface area contributed by atoms with Crippen molar-refractivity contribution < 1.29 is 4.79 Å². The second kappa shape index (κ2) is 8.69. The van der Waals surface area contributed by atoms with Crippen molar-refractivity contribution >= 4 is 41.3 Å². The number of carbonyl (C=O) groups excluding carboxylic acids is 1. The zero-order valence-electron chi connectivity index (χ0n) is 12.7. The van der Waals surface area contributed by atoms with Gasteiger partial charge in [0.25, 0.3) is 5.91 Å². The van der Waals surface area contributed by atoms with Crippen LogP contribution in [-0.2, 0) is 19.3 Å². The van der Waals surface area contributed by atoms with Gasteiger partial charge in [-0.1, -0.05) is 17.7 Å². The highest BCUT2D eigenvalue weighted by Crippen LogP contribution is 2.21. The first-order valence-corrected chi connectivity index (χ1v) is 8.77. The van der Waals surface area contributed by atoms with Crippen molar-refractivity contribution in [2.75, 3.05) is 19.6 Å². The Morgan fingerprint density at radius 2 is 1.96 bits per heavy atom. The van der Waals surface area contributed by atoms with Crippen molar-refractivity contribution in [1.29, 1.82) is 0 Å². The number of benzene rings is 1. The summed E-state index contributed by atoms with van der Waals surface area (Å²) < 4.78 is 0.792. The van der Waals surface area contributed by atoms with E-state index in [-0.39, 0.29) is 18.3 Å². The average molecular weight is 371 g/mol. The third kappa shape index (κ3) is 4.95. The van der Waals surface area contributed by atoms with Gasteiger partial charge in [0.05, 0.1) is 4.34 Å². The van der Waals surface area contributed by atoms with Gasteiger partial charge in [-0.3, -0.25) is 4.79 Å². The van der Waals surface area contributed by atoms with Gasteiger partial charge >= 0.3 is 0 Å². The van der Waals surface area contributed by atoms with Crippen LogP contribution in [0.4, 0.5) is 0 Å². The number of carbonyl (C=O) groups is 1. The fraction of sp³-hybridized carbons (Fsp3) is 0.353. The van der Waals surface area contributed by atoms with E-state index in [9.17, 15) is 4.79 Å². The molecule has 3 rings (SSSR count). The van der Waals surface area contributed by atoms with E-state index in [0.29, 0.717) is 6.54 Å². The van der Waals surface area contributed by atoms with E-state index in [1.807, 2.05) is 24.3 Å². The van der Waals surface area contributed by atoms with Crippen LogP contribution in [-0.4, -0.2) is 25.5 Å². The molecule has 0 spiro atoms. The fourth-order valence-corrected chi connectivity index (χ4v) is 3.79. The van der Waals surface area contributed by atoms with Crippen LogP contribution in [0.15, 0.2) is 30.3 Å². The highest BCUT2D eigenvalue weighted by Gasteiger charge is 2.11. The van der Waals surface area contributed by atoms with Crippen molar-refractivity contribution in [2.24, 2.45) is 0 Å². The first-order chi connectivity index (χ1) is 10.7. The fourth-order valence-electron chi connectivity index (χ4n) is 2.70. The molecule has 0 unspecified atom stereocenters. The number of rotatable bonds is 4. The minimum absolute atomic E-state index is 0. The van der Waals surface area contributed by atoms with Crippen LogP contribution in [0.1, 0.15) is 26.4 Å². The van der Waals surface area contributed by atoms with Crippen molar-refractivity contribution in [2.45, 2.75) is 19.3 Å². The summed E-state index contributed by atoms with van der Waals surface area (Å²) in [6, 6.07) is 9.97. The van der Waals surface area contributed by atoms with Crippen molar-refractivity contribution in [3.8, 4) is 0 Å². The predicted molar refractivity (Wildman–Crippen MR) is 99.3 cm³/mol. The maximum Gasteiger partial charge on any atom is 0.251 e. The molecule has 1 amide bonds. The minimum atomic E-state index is 0. The normalized spacial score (nSPS) is 13.6. The number of hydrogen-bond donors (Lipinski definition) is 2. The molecule has 1 aliphatic heterocycles. The van der Waals surface area contributed by atoms with E-state index in [1.165, 1.54) is 16.0 Å². The maximum atomic E-state index is 12.3. The lowest BCUT2D eigenvalue weighted by Gasteiger charge is -2.09. The van der Waals surface area contributed by atoms with Gasteiger partial charge in [0.15, 0.2) is 0 Å². The van der Waals surface area contributed by atoms with E-state index >= 15 is 0 Å². The molecular weight excluding hydrogens is 351 g/mol. The Hall–Kier alpha value is -1.07. The third-order valence-corrected chi connectivity index (χ3v) is 5.19. The van der Waals surface area contributed by atoms with Crippen molar-refractivity contribution in [1.82, 2.24) is 10.6 Å². The van der Waals surface area contributed by atoms with Crippen LogP contribution in [0.5, 0.6) is 0 Å². The molecule has 0 saturated heterocycles. The van der Waals surface area contributed by atoms with E-state index in [0.717, 1.165) is 42.3 Å². The highest BCUT2D eigenvalue weighted by molar-refractivity contribution is 7.16. The molecule has 2 N–H and O–H groups in total. The molecule has 0 aliphatic carbocycles. The highest BCUT2D eigenvalue weighted by atomic mass is 35.5. The van der Waals surface area contributed by atoms with Gasteiger partial charge in [-0.15, -0.1) is 23.7 Å². The molecule has 0 atom stereocenters. The summed E-state index contributed by atoms with van der Waals surface area (Å²) in [5.41, 5.74) is 3.40. The summed E-state index contributed by atoms with van der Waals surface area (Å²) in [6.45, 7) is 2.63. The first kappa shape index (κ1) is 18.3. The number of amides is 1. The van der Waals surface area contributed by atoms with Gasteiger partial charge in [-0.2, -0.15) is 0 Å². The largest absolute Gasteiger partial charge is 0.352 e. The van der Waals surface area contributed by atoms with E-state index in [4.69, 9.17) is 11.6 Å². The Morgan fingerprint density at radius 1 is 1.17 bits per heavy atom. The Kier molecular flexibility index (Phi) is 6.90. The number of halogens is 2. The number of thiophene rings is 1. The zero-order chi connectivity index (χ0) is 15.4. The molecule has 2 aromatic rings. The molecule has 0 saturated carbocycles. The zero-order valence-corrected chi connectivity index (χ0v) is 15.1. The third-order valence-electron chi connectivity index (χ3n) is 3.90. The molecule has 1 aliphatic rings. The summed E-state index contributed by atoms with van der Waals surface area (Å²) in [7, 11) is 0. The smallest absolute Gasteiger partial charge is 0.251 e. The molecule has 2 heterocycles. The summed E-state index contributed by atoms with van der Waals surface area (Å²) in [6.07, 6.45) is 2.85.